The lowest BCUT2D eigenvalue weighted by Crippen LogP contribution is -2.28. The largest absolute Gasteiger partial charge is 0.673 e. The van der Waals surface area contributed by atoms with Gasteiger partial charge in [-0.3, -0.25) is 0 Å². The van der Waals surface area contributed by atoms with Gasteiger partial charge in [-0.1, -0.05) is 50.2 Å². The van der Waals surface area contributed by atoms with Crippen molar-refractivity contribution in [3.63, 3.8) is 0 Å². The van der Waals surface area contributed by atoms with Crippen LogP contribution < -0.4 is 4.57 Å². The van der Waals surface area contributed by atoms with E-state index in [4.69, 9.17) is 0 Å². The van der Waals surface area contributed by atoms with Crippen LogP contribution in [0.15, 0.2) is 79.1 Å². The minimum absolute atomic E-state index is 1.05. The van der Waals surface area contributed by atoms with Gasteiger partial charge in [-0.25, -0.2) is 0 Å². The maximum Gasteiger partial charge on any atom is 0.673 e. The van der Waals surface area contributed by atoms with Crippen LogP contribution in [0.25, 0.3) is 22.4 Å². The van der Waals surface area contributed by atoms with Crippen molar-refractivity contribution in [1.29, 1.82) is 0 Å². The molecule has 0 saturated carbocycles. The smallest absolute Gasteiger partial charge is 0.418 e. The van der Waals surface area contributed by atoms with Gasteiger partial charge in [0.1, 0.15) is 11.4 Å². The fourth-order valence-electron chi connectivity index (χ4n) is 3.38. The highest BCUT2D eigenvalue weighted by Gasteiger charge is 2.20. The van der Waals surface area contributed by atoms with E-state index in [1.54, 1.807) is 0 Å². The highest BCUT2D eigenvalue weighted by Crippen LogP contribution is 2.20. The number of nitrogens with zero attached hydrogens (tertiary/aromatic N) is 2. The summed E-state index contributed by atoms with van der Waals surface area (Å²) in [5.41, 5.74) is 7.57. The minimum Gasteiger partial charge on any atom is -0.418 e. The molecule has 0 N–H and O–H groups in total. The van der Waals surface area contributed by atoms with Crippen LogP contribution in [-0.4, -0.2) is 11.8 Å². The normalized spacial score (nSPS) is 11.3. The molecule has 2 nitrogen and oxygen atoms in total. The monoisotopic (exact) mass is 414 g/mol. The molecule has 0 saturated heterocycles. The number of halogens is 4. The molecule has 0 aliphatic heterocycles. The van der Waals surface area contributed by atoms with Gasteiger partial charge >= 0.3 is 7.25 Å². The lowest BCUT2D eigenvalue weighted by atomic mass is 10.1. The number of hydrogen-bond donors (Lipinski definition) is 0. The summed E-state index contributed by atoms with van der Waals surface area (Å²) in [6.45, 7) is 4.40. The van der Waals surface area contributed by atoms with Gasteiger partial charge in [0.25, 0.3) is 6.33 Å². The first-order valence-electron chi connectivity index (χ1n) is 9.88. The summed E-state index contributed by atoms with van der Waals surface area (Å²) < 4.78 is 43.6. The third kappa shape index (κ3) is 5.29. The number of rotatable bonds is 4. The molecule has 0 amide bonds. The second-order valence-electron chi connectivity index (χ2n) is 6.89. The number of imidazole rings is 1. The second kappa shape index (κ2) is 9.16. The Morgan fingerprint density at radius 1 is 0.767 bits per heavy atom. The molecule has 0 unspecified atom stereocenters. The number of para-hydroxylation sites is 2. The Morgan fingerprint density at radius 2 is 1.37 bits per heavy atom. The van der Waals surface area contributed by atoms with Crippen LogP contribution in [0.2, 0.25) is 0 Å². The summed E-state index contributed by atoms with van der Waals surface area (Å²) in [6.07, 6.45) is 4.30. The van der Waals surface area contributed by atoms with E-state index >= 15 is 0 Å². The van der Waals surface area contributed by atoms with Crippen molar-refractivity contribution < 1.29 is 21.8 Å². The summed E-state index contributed by atoms with van der Waals surface area (Å²) in [7, 11) is -6.00. The van der Waals surface area contributed by atoms with Crippen LogP contribution in [0.3, 0.4) is 0 Å². The molecule has 4 rings (SSSR count). The third-order valence-corrected chi connectivity index (χ3v) is 4.83. The van der Waals surface area contributed by atoms with Gasteiger partial charge in [0.2, 0.25) is 0 Å². The standard InChI is InChI=1S/C23H23N2.BF4/c1-3-18-9-7-11-20(15-18)24-17-25(23-14-6-5-13-22(23)24)21-12-8-10-19(4-2)16-21;2-1(3,4)5/h5-17H,3-4H2,1-2H3;/q+1;-1. The topological polar surface area (TPSA) is 8.81 Å². The second-order valence-corrected chi connectivity index (χ2v) is 6.89. The van der Waals surface area contributed by atoms with Gasteiger partial charge in [0.05, 0.1) is 0 Å². The highest BCUT2D eigenvalue weighted by atomic mass is 19.5. The first-order chi connectivity index (χ1) is 14.3. The average molecular weight is 414 g/mol. The van der Waals surface area contributed by atoms with Crippen molar-refractivity contribution in [2.24, 2.45) is 0 Å². The molecule has 0 radical (unpaired) electrons. The van der Waals surface area contributed by atoms with E-state index in [0.29, 0.717) is 0 Å². The summed E-state index contributed by atoms with van der Waals surface area (Å²) in [5.74, 6) is 0. The van der Waals surface area contributed by atoms with Gasteiger partial charge in [0.15, 0.2) is 11.0 Å². The Bertz CT molecular complexity index is 1050. The summed E-state index contributed by atoms with van der Waals surface area (Å²) in [4.78, 5) is 0. The minimum atomic E-state index is -6.00. The van der Waals surface area contributed by atoms with E-state index in [1.165, 1.54) is 33.5 Å². The Hall–Kier alpha value is -3.09. The van der Waals surface area contributed by atoms with Crippen LogP contribution >= 0.6 is 0 Å². The first-order valence-corrected chi connectivity index (χ1v) is 9.88. The van der Waals surface area contributed by atoms with Gasteiger partial charge in [0, 0.05) is 0 Å². The van der Waals surface area contributed by atoms with Crippen molar-refractivity contribution in [2.45, 2.75) is 26.7 Å². The SMILES string of the molecule is CCc1cccc(-n2c[n+](-c3cccc(CC)c3)c3ccccc32)c1.F[B-](F)(F)F. The molecule has 4 aromatic rings. The van der Waals surface area contributed by atoms with E-state index in [9.17, 15) is 17.3 Å². The zero-order valence-corrected chi connectivity index (χ0v) is 16.9. The van der Waals surface area contributed by atoms with Gasteiger partial charge < -0.3 is 17.3 Å². The van der Waals surface area contributed by atoms with Gasteiger partial charge in [-0.15, -0.1) is 0 Å². The van der Waals surface area contributed by atoms with Crippen LogP contribution in [0, 0.1) is 0 Å². The maximum atomic E-state index is 9.75. The maximum absolute atomic E-state index is 9.75. The molecule has 1 aromatic heterocycles. The first kappa shape index (κ1) is 21.6. The summed E-state index contributed by atoms with van der Waals surface area (Å²) in [5, 5.41) is 0. The molecule has 156 valence electrons. The Morgan fingerprint density at radius 3 is 2.03 bits per heavy atom. The molecule has 0 aliphatic carbocycles. The number of aromatic nitrogens is 2. The zero-order chi connectivity index (χ0) is 21.7. The lowest BCUT2D eigenvalue weighted by Gasteiger charge is -2.01. The van der Waals surface area contributed by atoms with Gasteiger partial charge in [-0.05, 0) is 60.4 Å². The summed E-state index contributed by atoms with van der Waals surface area (Å²) >= 11 is 0. The van der Waals surface area contributed by atoms with Crippen LogP contribution in [0.1, 0.15) is 25.0 Å². The van der Waals surface area contributed by atoms with Crippen molar-refractivity contribution >= 4 is 18.3 Å². The molecular formula is C23H23BF4N2. The average Bonchev–Trinajstić information content (AvgIpc) is 3.12. The molecule has 0 bridgehead atoms. The fraction of sp³-hybridized carbons (Fsp3) is 0.174. The van der Waals surface area contributed by atoms with Crippen LogP contribution in [-0.2, 0) is 12.8 Å². The molecule has 0 spiro atoms. The van der Waals surface area contributed by atoms with Gasteiger partial charge in [-0.2, -0.15) is 9.13 Å². The number of hydrogen-bond acceptors (Lipinski definition) is 0. The van der Waals surface area contributed by atoms with Crippen LogP contribution in [0.5, 0.6) is 0 Å². The molecule has 0 atom stereocenters. The number of aryl methyl sites for hydroxylation is 2. The third-order valence-electron chi connectivity index (χ3n) is 4.83. The molecule has 0 fully saturated rings. The van der Waals surface area contributed by atoms with Crippen molar-refractivity contribution in [1.82, 2.24) is 4.57 Å². The zero-order valence-electron chi connectivity index (χ0n) is 16.9. The molecular weight excluding hydrogens is 391 g/mol. The molecule has 7 heteroatoms. The number of fused-ring (bicyclic) bond motifs is 1. The predicted octanol–water partition coefficient (Wildman–Crippen LogP) is 6.33. The molecule has 1 heterocycles. The molecule has 30 heavy (non-hydrogen) atoms. The van der Waals surface area contributed by atoms with Crippen molar-refractivity contribution in [3.8, 4) is 11.4 Å². The predicted molar refractivity (Wildman–Crippen MR) is 114 cm³/mol. The Balaban J connectivity index is 0.000000461. The Labute approximate surface area is 173 Å². The summed E-state index contributed by atoms with van der Waals surface area (Å²) in [6, 6.07) is 26.2. The van der Waals surface area contributed by atoms with Crippen molar-refractivity contribution in [3.05, 3.63) is 90.3 Å². The molecule has 0 aliphatic rings. The molecule has 3 aromatic carbocycles. The van der Waals surface area contributed by atoms with E-state index in [-0.39, 0.29) is 0 Å². The van der Waals surface area contributed by atoms with E-state index in [1.807, 2.05) is 0 Å². The fourth-order valence-corrected chi connectivity index (χ4v) is 3.38. The Kier molecular flexibility index (Phi) is 6.60. The quantitative estimate of drug-likeness (QED) is 0.210. The van der Waals surface area contributed by atoms with Crippen molar-refractivity contribution in [2.75, 3.05) is 0 Å². The van der Waals surface area contributed by atoms with E-state index in [0.717, 1.165) is 12.8 Å². The lowest BCUT2D eigenvalue weighted by molar-refractivity contribution is -0.567. The highest BCUT2D eigenvalue weighted by molar-refractivity contribution is 6.50. The number of benzene rings is 3. The van der Waals surface area contributed by atoms with E-state index in [2.05, 4.69) is 102 Å². The van der Waals surface area contributed by atoms with Crippen LogP contribution in [0.4, 0.5) is 17.3 Å². The van der Waals surface area contributed by atoms with E-state index < -0.39 is 7.25 Å².